The molecule has 1 heterocycles. The predicted octanol–water partition coefficient (Wildman–Crippen LogP) is 1.08. The molecule has 1 unspecified atom stereocenters. The van der Waals surface area contributed by atoms with Crippen LogP contribution in [0.4, 0.5) is 0 Å². The van der Waals surface area contributed by atoms with Gasteiger partial charge in [-0.2, -0.15) is 0 Å². The molecule has 1 aromatic rings. The molecule has 0 saturated carbocycles. The number of hydrogen-bond acceptors (Lipinski definition) is 6. The first-order valence-electron chi connectivity index (χ1n) is 5.51. The van der Waals surface area contributed by atoms with Crippen LogP contribution in [-0.4, -0.2) is 43.2 Å². The number of carbonyl (C=O) groups excluding carboxylic acids is 2. The highest BCUT2D eigenvalue weighted by molar-refractivity contribution is 7.11. The van der Waals surface area contributed by atoms with Gasteiger partial charge in [-0.1, -0.05) is 0 Å². The lowest BCUT2D eigenvalue weighted by molar-refractivity contribution is 0.0526. The van der Waals surface area contributed by atoms with Crippen molar-refractivity contribution < 1.29 is 19.1 Å². The lowest BCUT2D eigenvalue weighted by Gasteiger charge is -2.11. The Balaban J connectivity index is 2.62. The average molecular weight is 272 g/mol. The number of nitrogens with one attached hydrogen (secondary N) is 1. The summed E-state index contributed by atoms with van der Waals surface area (Å²) in [4.78, 5) is 27.1. The van der Waals surface area contributed by atoms with E-state index in [1.807, 2.05) is 6.92 Å². The van der Waals surface area contributed by atoms with Crippen LogP contribution >= 0.6 is 11.3 Å². The molecule has 18 heavy (non-hydrogen) atoms. The topological polar surface area (TPSA) is 77.5 Å². The second-order valence-electron chi connectivity index (χ2n) is 3.59. The van der Waals surface area contributed by atoms with E-state index in [1.165, 1.54) is 5.38 Å². The van der Waals surface area contributed by atoms with E-state index in [2.05, 4.69) is 10.3 Å². The Morgan fingerprint density at radius 3 is 2.89 bits per heavy atom. The Hall–Kier alpha value is -1.47. The van der Waals surface area contributed by atoms with Crippen molar-refractivity contribution >= 4 is 23.2 Å². The number of methoxy groups -OCH3 is 1. The number of amides is 1. The third-order valence-corrected chi connectivity index (χ3v) is 2.80. The van der Waals surface area contributed by atoms with Gasteiger partial charge in [0.15, 0.2) is 0 Å². The number of rotatable bonds is 6. The lowest BCUT2D eigenvalue weighted by Crippen LogP contribution is -2.35. The van der Waals surface area contributed by atoms with E-state index in [0.29, 0.717) is 6.61 Å². The summed E-state index contributed by atoms with van der Waals surface area (Å²) >= 11 is 1.09. The van der Waals surface area contributed by atoms with E-state index in [1.54, 1.807) is 14.0 Å². The number of nitrogens with zero attached hydrogens (tertiary/aromatic N) is 1. The Morgan fingerprint density at radius 1 is 1.56 bits per heavy atom. The van der Waals surface area contributed by atoms with Gasteiger partial charge in [-0.05, 0) is 13.8 Å². The first-order valence-corrected chi connectivity index (χ1v) is 6.38. The molecule has 0 aliphatic heterocycles. The number of esters is 1. The molecule has 100 valence electrons. The maximum absolute atomic E-state index is 11.7. The highest BCUT2D eigenvalue weighted by Gasteiger charge is 2.17. The molecule has 7 heteroatoms. The third-order valence-electron chi connectivity index (χ3n) is 1.98. The van der Waals surface area contributed by atoms with Gasteiger partial charge in [0.2, 0.25) is 5.01 Å². The summed E-state index contributed by atoms with van der Waals surface area (Å²) in [6, 6.07) is -0.116. The summed E-state index contributed by atoms with van der Waals surface area (Å²) in [5.41, 5.74) is 0.214. The van der Waals surface area contributed by atoms with E-state index in [0.717, 1.165) is 11.3 Å². The lowest BCUT2D eigenvalue weighted by atomic mass is 10.3. The van der Waals surface area contributed by atoms with Crippen molar-refractivity contribution in [3.63, 3.8) is 0 Å². The van der Waals surface area contributed by atoms with Crippen LogP contribution in [0.5, 0.6) is 0 Å². The van der Waals surface area contributed by atoms with Gasteiger partial charge in [0, 0.05) is 18.5 Å². The van der Waals surface area contributed by atoms with Gasteiger partial charge in [-0.3, -0.25) is 4.79 Å². The molecule has 1 atom stereocenters. The predicted molar refractivity (Wildman–Crippen MR) is 66.9 cm³/mol. The molecule has 1 rings (SSSR count). The number of ether oxygens (including phenoxy) is 2. The van der Waals surface area contributed by atoms with Crippen LogP contribution in [0.25, 0.3) is 0 Å². The summed E-state index contributed by atoms with van der Waals surface area (Å²) in [7, 11) is 1.56. The fourth-order valence-electron chi connectivity index (χ4n) is 1.25. The van der Waals surface area contributed by atoms with Crippen molar-refractivity contribution in [1.82, 2.24) is 10.3 Å². The molecule has 1 amide bonds. The van der Waals surface area contributed by atoms with E-state index in [-0.39, 0.29) is 29.3 Å². The fourth-order valence-corrected chi connectivity index (χ4v) is 1.94. The fraction of sp³-hybridized carbons (Fsp3) is 0.545. The molecule has 0 aliphatic carbocycles. The van der Waals surface area contributed by atoms with Gasteiger partial charge in [-0.25, -0.2) is 9.78 Å². The number of thiazole rings is 1. The van der Waals surface area contributed by atoms with Gasteiger partial charge in [0.25, 0.3) is 5.91 Å². The Morgan fingerprint density at radius 2 is 2.28 bits per heavy atom. The zero-order valence-corrected chi connectivity index (χ0v) is 11.4. The zero-order chi connectivity index (χ0) is 13.5. The standard InChI is InChI=1S/C11H16N2O4S/c1-4-17-11(15)10-13-8(6-18-10)9(14)12-7(2)5-16-3/h6-7H,4-5H2,1-3H3,(H,12,14). The van der Waals surface area contributed by atoms with Crippen molar-refractivity contribution in [3.8, 4) is 0 Å². The molecule has 0 saturated heterocycles. The molecule has 1 N–H and O–H groups in total. The van der Waals surface area contributed by atoms with Crippen LogP contribution in [0, 0.1) is 0 Å². The molecule has 1 aromatic heterocycles. The minimum Gasteiger partial charge on any atom is -0.461 e. The largest absolute Gasteiger partial charge is 0.461 e. The summed E-state index contributed by atoms with van der Waals surface area (Å²) < 4.78 is 9.71. The van der Waals surface area contributed by atoms with Crippen LogP contribution in [0.15, 0.2) is 5.38 Å². The summed E-state index contributed by atoms with van der Waals surface area (Å²) in [5, 5.41) is 4.42. The second kappa shape index (κ2) is 7.07. The second-order valence-corrected chi connectivity index (χ2v) is 4.45. The van der Waals surface area contributed by atoms with Gasteiger partial charge >= 0.3 is 5.97 Å². The highest BCUT2D eigenvalue weighted by atomic mass is 32.1. The molecule has 0 aliphatic rings. The maximum Gasteiger partial charge on any atom is 0.367 e. The van der Waals surface area contributed by atoms with Gasteiger partial charge in [-0.15, -0.1) is 11.3 Å². The number of aromatic nitrogens is 1. The van der Waals surface area contributed by atoms with Crippen molar-refractivity contribution in [1.29, 1.82) is 0 Å². The monoisotopic (exact) mass is 272 g/mol. The quantitative estimate of drug-likeness (QED) is 0.784. The summed E-state index contributed by atoms with van der Waals surface area (Å²) in [6.07, 6.45) is 0. The average Bonchev–Trinajstić information content (AvgIpc) is 2.78. The van der Waals surface area contributed by atoms with Gasteiger partial charge in [0.1, 0.15) is 5.69 Å². The van der Waals surface area contributed by atoms with Crippen molar-refractivity contribution in [2.24, 2.45) is 0 Å². The molecule has 0 fully saturated rings. The number of carbonyl (C=O) groups is 2. The molecule has 6 nitrogen and oxygen atoms in total. The van der Waals surface area contributed by atoms with Crippen molar-refractivity contribution in [2.45, 2.75) is 19.9 Å². The Kier molecular flexibility index (Phi) is 5.73. The highest BCUT2D eigenvalue weighted by Crippen LogP contribution is 2.11. The van der Waals surface area contributed by atoms with Crippen LogP contribution in [0.1, 0.15) is 34.1 Å². The third kappa shape index (κ3) is 4.08. The minimum atomic E-state index is -0.508. The van der Waals surface area contributed by atoms with Gasteiger partial charge in [0.05, 0.1) is 13.2 Å². The zero-order valence-electron chi connectivity index (χ0n) is 10.6. The number of hydrogen-bond donors (Lipinski definition) is 1. The van der Waals surface area contributed by atoms with E-state index in [9.17, 15) is 9.59 Å². The first kappa shape index (κ1) is 14.6. The Labute approximate surface area is 109 Å². The van der Waals surface area contributed by atoms with Crippen LogP contribution in [0.3, 0.4) is 0 Å². The molecule has 0 spiro atoms. The molecular weight excluding hydrogens is 256 g/mol. The normalized spacial score (nSPS) is 11.9. The molecule has 0 radical (unpaired) electrons. The van der Waals surface area contributed by atoms with E-state index < -0.39 is 5.97 Å². The molecule has 0 aromatic carbocycles. The minimum absolute atomic E-state index is 0.116. The SMILES string of the molecule is CCOC(=O)c1nc(C(=O)NC(C)COC)cs1. The Bertz CT molecular complexity index is 419. The molecule has 0 bridgehead atoms. The van der Waals surface area contributed by atoms with Crippen LogP contribution in [0.2, 0.25) is 0 Å². The van der Waals surface area contributed by atoms with E-state index >= 15 is 0 Å². The maximum atomic E-state index is 11.7. The van der Waals surface area contributed by atoms with Crippen LogP contribution in [-0.2, 0) is 9.47 Å². The smallest absolute Gasteiger partial charge is 0.367 e. The molecular formula is C11H16N2O4S. The first-order chi connectivity index (χ1) is 8.58. The summed E-state index contributed by atoms with van der Waals surface area (Å²) in [5.74, 6) is -0.835. The summed E-state index contributed by atoms with van der Waals surface area (Å²) in [6.45, 7) is 4.23. The van der Waals surface area contributed by atoms with Gasteiger partial charge < -0.3 is 14.8 Å². The van der Waals surface area contributed by atoms with Crippen molar-refractivity contribution in [3.05, 3.63) is 16.1 Å². The van der Waals surface area contributed by atoms with Crippen LogP contribution < -0.4 is 5.32 Å². The van der Waals surface area contributed by atoms with Crippen molar-refractivity contribution in [2.75, 3.05) is 20.3 Å². The van der Waals surface area contributed by atoms with E-state index in [4.69, 9.17) is 9.47 Å².